The molecule has 1 amide bonds. The highest BCUT2D eigenvalue weighted by molar-refractivity contribution is 5.94. The zero-order valence-corrected chi connectivity index (χ0v) is 10.8. The summed E-state index contributed by atoms with van der Waals surface area (Å²) < 4.78 is 13.4. The van der Waals surface area contributed by atoms with Crippen LogP contribution in [0.5, 0.6) is 0 Å². The first kappa shape index (κ1) is 12.5. The van der Waals surface area contributed by atoms with Gasteiger partial charge in [-0.25, -0.2) is 4.98 Å². The summed E-state index contributed by atoms with van der Waals surface area (Å²) in [6.45, 7) is 2.07. The molecule has 0 spiro atoms. The van der Waals surface area contributed by atoms with Gasteiger partial charge in [0.1, 0.15) is 0 Å². The molecule has 1 aliphatic carbocycles. The largest absolute Gasteiger partial charge is 0.349 e. The van der Waals surface area contributed by atoms with Crippen LogP contribution in [0, 0.1) is 5.95 Å². The van der Waals surface area contributed by atoms with E-state index in [1.807, 2.05) is 0 Å². The van der Waals surface area contributed by atoms with E-state index in [4.69, 9.17) is 0 Å². The predicted molar refractivity (Wildman–Crippen MR) is 69.3 cm³/mol. The Bertz CT molecular complexity index is 468. The van der Waals surface area contributed by atoms with Gasteiger partial charge in [-0.1, -0.05) is 0 Å². The van der Waals surface area contributed by atoms with E-state index in [1.54, 1.807) is 6.07 Å². The molecule has 1 aromatic rings. The number of pyridine rings is 1. The third kappa shape index (κ3) is 2.92. The standard InChI is InChI=1S/C14H18FN3O/c15-13-12(2-1-7-16-13)14(19)17-10-5-8-18(9-6-10)11-3-4-11/h1-2,7,10-11H,3-6,8-9H2,(H,17,19). The summed E-state index contributed by atoms with van der Waals surface area (Å²) in [6.07, 6.45) is 5.88. The van der Waals surface area contributed by atoms with E-state index >= 15 is 0 Å². The van der Waals surface area contributed by atoms with Crippen molar-refractivity contribution in [3.8, 4) is 0 Å². The van der Waals surface area contributed by atoms with Crippen LogP contribution in [-0.4, -0.2) is 41.0 Å². The highest BCUT2D eigenvalue weighted by atomic mass is 19.1. The van der Waals surface area contributed by atoms with Crippen molar-refractivity contribution >= 4 is 5.91 Å². The van der Waals surface area contributed by atoms with Crippen molar-refractivity contribution in [2.45, 2.75) is 37.8 Å². The van der Waals surface area contributed by atoms with E-state index in [-0.39, 0.29) is 17.5 Å². The van der Waals surface area contributed by atoms with Gasteiger partial charge < -0.3 is 10.2 Å². The molecule has 2 aliphatic rings. The minimum absolute atomic E-state index is 0.0344. The number of likely N-dealkylation sites (tertiary alicyclic amines) is 1. The lowest BCUT2D eigenvalue weighted by Crippen LogP contribution is -2.45. The molecule has 1 aliphatic heterocycles. The van der Waals surface area contributed by atoms with Gasteiger partial charge in [0, 0.05) is 31.4 Å². The number of nitrogens with zero attached hydrogens (tertiary/aromatic N) is 2. The number of piperidine rings is 1. The van der Waals surface area contributed by atoms with Crippen LogP contribution in [0.25, 0.3) is 0 Å². The summed E-state index contributed by atoms with van der Waals surface area (Å²) >= 11 is 0. The second-order valence-electron chi connectivity index (χ2n) is 5.36. The minimum Gasteiger partial charge on any atom is -0.349 e. The van der Waals surface area contributed by atoms with Crippen LogP contribution in [0.2, 0.25) is 0 Å². The van der Waals surface area contributed by atoms with Crippen molar-refractivity contribution in [3.63, 3.8) is 0 Å². The summed E-state index contributed by atoms with van der Waals surface area (Å²) in [5.74, 6) is -1.05. The molecule has 2 heterocycles. The molecule has 1 N–H and O–H groups in total. The first-order valence-corrected chi connectivity index (χ1v) is 6.89. The second-order valence-corrected chi connectivity index (χ2v) is 5.36. The summed E-state index contributed by atoms with van der Waals surface area (Å²) in [4.78, 5) is 18.0. The second kappa shape index (κ2) is 5.25. The van der Waals surface area contributed by atoms with Gasteiger partial charge in [-0.15, -0.1) is 0 Å². The molecule has 102 valence electrons. The number of aromatic nitrogens is 1. The van der Waals surface area contributed by atoms with E-state index in [1.165, 1.54) is 25.1 Å². The molecule has 4 nitrogen and oxygen atoms in total. The lowest BCUT2D eigenvalue weighted by molar-refractivity contribution is 0.0904. The Morgan fingerprint density at radius 2 is 2.05 bits per heavy atom. The van der Waals surface area contributed by atoms with Crippen molar-refractivity contribution in [1.82, 2.24) is 15.2 Å². The average Bonchev–Trinajstić information content (AvgIpc) is 3.24. The molecule has 5 heteroatoms. The quantitative estimate of drug-likeness (QED) is 0.842. The van der Waals surface area contributed by atoms with Crippen LogP contribution < -0.4 is 5.32 Å². The van der Waals surface area contributed by atoms with Gasteiger partial charge in [0.2, 0.25) is 5.95 Å². The van der Waals surface area contributed by atoms with E-state index in [0.29, 0.717) is 0 Å². The first-order valence-electron chi connectivity index (χ1n) is 6.89. The number of carbonyl (C=O) groups excluding carboxylic acids is 1. The van der Waals surface area contributed by atoms with Crippen molar-refractivity contribution in [2.24, 2.45) is 0 Å². The Balaban J connectivity index is 1.54. The van der Waals surface area contributed by atoms with Gasteiger partial charge in [-0.2, -0.15) is 4.39 Å². The van der Waals surface area contributed by atoms with E-state index in [0.717, 1.165) is 32.0 Å². The van der Waals surface area contributed by atoms with Crippen molar-refractivity contribution in [2.75, 3.05) is 13.1 Å². The average molecular weight is 263 g/mol. The molecule has 2 fully saturated rings. The van der Waals surface area contributed by atoms with Gasteiger partial charge in [0.05, 0.1) is 5.56 Å². The van der Waals surface area contributed by atoms with Crippen LogP contribution in [0.1, 0.15) is 36.0 Å². The Hall–Kier alpha value is -1.49. The molecule has 1 saturated carbocycles. The topological polar surface area (TPSA) is 45.2 Å². The molecule has 1 aromatic heterocycles. The predicted octanol–water partition coefficient (Wildman–Crippen LogP) is 1.58. The van der Waals surface area contributed by atoms with Gasteiger partial charge in [0.15, 0.2) is 0 Å². The molecule has 0 unspecified atom stereocenters. The smallest absolute Gasteiger partial charge is 0.256 e. The number of rotatable bonds is 3. The third-order valence-corrected chi connectivity index (χ3v) is 3.93. The van der Waals surface area contributed by atoms with Crippen LogP contribution in [0.15, 0.2) is 18.3 Å². The van der Waals surface area contributed by atoms with Gasteiger partial charge in [0.25, 0.3) is 5.91 Å². The van der Waals surface area contributed by atoms with Crippen LogP contribution in [0.4, 0.5) is 4.39 Å². The lowest BCUT2D eigenvalue weighted by Gasteiger charge is -2.32. The number of hydrogen-bond acceptors (Lipinski definition) is 3. The van der Waals surface area contributed by atoms with Gasteiger partial charge in [-0.05, 0) is 37.8 Å². The van der Waals surface area contributed by atoms with Crippen molar-refractivity contribution < 1.29 is 9.18 Å². The summed E-state index contributed by atoms with van der Waals surface area (Å²) in [5.41, 5.74) is 0.0344. The van der Waals surface area contributed by atoms with Gasteiger partial charge in [-0.3, -0.25) is 4.79 Å². The number of nitrogens with one attached hydrogen (secondary N) is 1. The molecular formula is C14H18FN3O. The van der Waals surface area contributed by atoms with E-state index in [9.17, 15) is 9.18 Å². The Morgan fingerprint density at radius 3 is 2.68 bits per heavy atom. The molecule has 3 rings (SSSR count). The van der Waals surface area contributed by atoms with E-state index < -0.39 is 5.95 Å². The monoisotopic (exact) mass is 263 g/mol. The van der Waals surface area contributed by atoms with Crippen molar-refractivity contribution in [3.05, 3.63) is 29.8 Å². The fraction of sp³-hybridized carbons (Fsp3) is 0.571. The lowest BCUT2D eigenvalue weighted by atomic mass is 10.0. The van der Waals surface area contributed by atoms with Crippen molar-refractivity contribution in [1.29, 1.82) is 0 Å². The molecule has 0 aromatic carbocycles. The SMILES string of the molecule is O=C(NC1CCN(C2CC2)CC1)c1cccnc1F. The van der Waals surface area contributed by atoms with Gasteiger partial charge >= 0.3 is 0 Å². The first-order chi connectivity index (χ1) is 9.24. The highest BCUT2D eigenvalue weighted by Crippen LogP contribution is 2.29. The fourth-order valence-electron chi connectivity index (χ4n) is 2.67. The molecule has 0 radical (unpaired) electrons. The maximum atomic E-state index is 13.4. The fourth-order valence-corrected chi connectivity index (χ4v) is 2.67. The Labute approximate surface area is 112 Å². The Kier molecular flexibility index (Phi) is 3.46. The molecule has 0 atom stereocenters. The molecule has 0 bridgehead atoms. The van der Waals surface area contributed by atoms with Crippen LogP contribution >= 0.6 is 0 Å². The number of hydrogen-bond donors (Lipinski definition) is 1. The number of halogens is 1. The number of carbonyl (C=O) groups is 1. The zero-order valence-electron chi connectivity index (χ0n) is 10.8. The number of amides is 1. The van der Waals surface area contributed by atoms with Crippen LogP contribution in [0.3, 0.4) is 0 Å². The highest BCUT2D eigenvalue weighted by Gasteiger charge is 2.32. The molecular weight excluding hydrogens is 245 g/mol. The minimum atomic E-state index is -0.699. The molecule has 1 saturated heterocycles. The summed E-state index contributed by atoms with van der Waals surface area (Å²) in [7, 11) is 0. The Morgan fingerprint density at radius 1 is 1.32 bits per heavy atom. The van der Waals surface area contributed by atoms with Crippen LogP contribution in [-0.2, 0) is 0 Å². The van der Waals surface area contributed by atoms with E-state index in [2.05, 4.69) is 15.2 Å². The normalized spacial score (nSPS) is 21.3. The maximum Gasteiger partial charge on any atom is 0.256 e. The maximum absolute atomic E-state index is 13.4. The summed E-state index contributed by atoms with van der Waals surface area (Å²) in [5, 5.41) is 2.91. The molecule has 19 heavy (non-hydrogen) atoms. The summed E-state index contributed by atoms with van der Waals surface area (Å²) in [6, 6.07) is 3.99. The zero-order chi connectivity index (χ0) is 13.2. The third-order valence-electron chi connectivity index (χ3n) is 3.93.